The van der Waals surface area contributed by atoms with E-state index < -0.39 is 22.8 Å². The Morgan fingerprint density at radius 2 is 1.70 bits per heavy atom. The quantitative estimate of drug-likeness (QED) is 0.851. The number of aryl methyl sites for hydroxylation is 1. The van der Waals surface area contributed by atoms with Gasteiger partial charge in [-0.3, -0.25) is 14.6 Å². The van der Waals surface area contributed by atoms with Gasteiger partial charge in [0, 0.05) is 20.5 Å². The van der Waals surface area contributed by atoms with Crippen molar-refractivity contribution in [2.24, 2.45) is 5.41 Å². The number of fused-ring (bicyclic) bond motifs is 3. The summed E-state index contributed by atoms with van der Waals surface area (Å²) in [5.41, 5.74) is -1.79. The van der Waals surface area contributed by atoms with Crippen LogP contribution in [0.3, 0.4) is 0 Å². The molecule has 2 aromatic carbocycles. The van der Waals surface area contributed by atoms with Gasteiger partial charge in [-0.05, 0) is 42.9 Å². The van der Waals surface area contributed by atoms with E-state index in [1.54, 1.807) is 7.05 Å². The molecule has 2 fully saturated rings. The lowest BCUT2D eigenvalue weighted by molar-refractivity contribution is -0.241. The number of likely N-dealkylation sites (N-methyl/N-ethyl adjacent to an activating group) is 1. The third-order valence-corrected chi connectivity index (χ3v) is 7.47. The van der Waals surface area contributed by atoms with E-state index in [1.807, 2.05) is 54.6 Å². The van der Waals surface area contributed by atoms with Crippen LogP contribution in [0.25, 0.3) is 0 Å². The van der Waals surface area contributed by atoms with E-state index in [4.69, 9.17) is 4.74 Å². The number of benzene rings is 2. The zero-order valence-electron chi connectivity index (χ0n) is 17.3. The van der Waals surface area contributed by atoms with Crippen molar-refractivity contribution in [3.63, 3.8) is 0 Å². The Morgan fingerprint density at radius 1 is 1.00 bits per heavy atom. The molecule has 1 spiro atoms. The topological polar surface area (TPSA) is 70.1 Å². The van der Waals surface area contributed by atoms with Crippen molar-refractivity contribution in [3.8, 4) is 5.75 Å². The zero-order chi connectivity index (χ0) is 21.1. The lowest BCUT2D eigenvalue weighted by atomic mass is 9.68. The molecule has 5 rings (SSSR count). The summed E-state index contributed by atoms with van der Waals surface area (Å²) in [6.07, 6.45) is 2.51. The Kier molecular flexibility index (Phi) is 4.03. The minimum Gasteiger partial charge on any atom is -0.482 e. The summed E-state index contributed by atoms with van der Waals surface area (Å²) < 4.78 is 6.39. The Balaban J connectivity index is 1.60. The lowest BCUT2D eigenvalue weighted by Crippen LogP contribution is -2.78. The van der Waals surface area contributed by atoms with Gasteiger partial charge >= 0.3 is 6.03 Å². The molecule has 3 atom stereocenters. The molecule has 0 aromatic heterocycles. The first-order chi connectivity index (χ1) is 14.3. The summed E-state index contributed by atoms with van der Waals surface area (Å²) in [7, 11) is 3.09. The number of urea groups is 1. The smallest absolute Gasteiger partial charge is 0.328 e. The summed E-state index contributed by atoms with van der Waals surface area (Å²) in [5, 5.41) is 12.3. The highest BCUT2D eigenvalue weighted by molar-refractivity contribution is 6.01. The fourth-order valence-corrected chi connectivity index (χ4v) is 5.90. The highest BCUT2D eigenvalue weighted by Crippen LogP contribution is 2.62. The number of hydrogen-bond donors (Lipinski definition) is 1. The summed E-state index contributed by atoms with van der Waals surface area (Å²) in [6, 6.07) is 17.1. The Labute approximate surface area is 176 Å². The normalized spacial score (nSPS) is 32.4. The maximum Gasteiger partial charge on any atom is 0.328 e. The molecule has 30 heavy (non-hydrogen) atoms. The summed E-state index contributed by atoms with van der Waals surface area (Å²) in [4.78, 5) is 29.0. The minimum absolute atomic E-state index is 0.319. The van der Waals surface area contributed by atoms with E-state index in [0.29, 0.717) is 32.1 Å². The van der Waals surface area contributed by atoms with Crippen LogP contribution in [0, 0.1) is 5.41 Å². The van der Waals surface area contributed by atoms with Crippen LogP contribution in [0.1, 0.15) is 30.4 Å². The number of imide groups is 1. The fourth-order valence-electron chi connectivity index (χ4n) is 5.90. The molecule has 6 nitrogen and oxygen atoms in total. The van der Waals surface area contributed by atoms with Crippen LogP contribution in [0.15, 0.2) is 54.6 Å². The number of amides is 3. The standard InChI is InChI=1S/C24H26N2O4/c1-25-20(27)22(13-12-17-8-4-3-5-9-17)14-15-23(24(22,29)26(2)21(25)28)16-18-10-6-7-11-19(18)30-23/h3-11,29H,12-16H2,1-2H3/t22-,23+,24-/m0/s1. The van der Waals surface area contributed by atoms with Crippen molar-refractivity contribution in [2.45, 2.75) is 43.4 Å². The van der Waals surface area contributed by atoms with Crippen molar-refractivity contribution in [1.82, 2.24) is 9.80 Å². The number of carbonyl (C=O) groups excluding carboxylic acids is 2. The highest BCUT2D eigenvalue weighted by atomic mass is 16.5. The van der Waals surface area contributed by atoms with E-state index in [1.165, 1.54) is 11.9 Å². The van der Waals surface area contributed by atoms with Crippen LogP contribution in [0.4, 0.5) is 4.79 Å². The second kappa shape index (κ2) is 6.32. The highest BCUT2D eigenvalue weighted by Gasteiger charge is 2.78. The van der Waals surface area contributed by atoms with Crippen molar-refractivity contribution in [1.29, 1.82) is 0 Å². The molecular weight excluding hydrogens is 380 g/mol. The van der Waals surface area contributed by atoms with Gasteiger partial charge in [0.1, 0.15) is 11.2 Å². The maximum absolute atomic E-state index is 13.6. The van der Waals surface area contributed by atoms with Crippen LogP contribution in [-0.2, 0) is 17.6 Å². The van der Waals surface area contributed by atoms with E-state index >= 15 is 0 Å². The van der Waals surface area contributed by atoms with Gasteiger partial charge in [0.2, 0.25) is 5.91 Å². The average Bonchev–Trinajstić information content (AvgIpc) is 3.27. The maximum atomic E-state index is 13.6. The zero-order valence-corrected chi connectivity index (χ0v) is 17.3. The van der Waals surface area contributed by atoms with Crippen LogP contribution < -0.4 is 4.74 Å². The Morgan fingerprint density at radius 3 is 2.43 bits per heavy atom. The van der Waals surface area contributed by atoms with Crippen molar-refractivity contribution >= 4 is 11.9 Å². The number of aliphatic hydroxyl groups is 1. The molecule has 2 heterocycles. The SMILES string of the molecule is CN1C(=O)N(C)[C@@]2(O)[C@@]3(CC[C@@]2(CCc2ccccc2)C1=O)Cc1ccccc1O3. The van der Waals surface area contributed by atoms with Gasteiger partial charge in [0.05, 0.1) is 0 Å². The molecule has 2 aliphatic heterocycles. The number of nitrogens with zero attached hydrogens (tertiary/aromatic N) is 2. The summed E-state index contributed by atoms with van der Waals surface area (Å²) >= 11 is 0. The Hall–Kier alpha value is -2.86. The first-order valence-corrected chi connectivity index (χ1v) is 10.4. The number of ether oxygens (including phenoxy) is 1. The number of carbonyl (C=O) groups is 2. The molecule has 6 heteroatoms. The molecule has 1 saturated carbocycles. The Bertz CT molecular complexity index is 998. The van der Waals surface area contributed by atoms with Crippen LogP contribution >= 0.6 is 0 Å². The summed E-state index contributed by atoms with van der Waals surface area (Å²) in [5.74, 6) is 0.400. The molecule has 3 aliphatic rings. The van der Waals surface area contributed by atoms with E-state index in [2.05, 4.69) is 0 Å². The van der Waals surface area contributed by atoms with Gasteiger partial charge in [-0.2, -0.15) is 0 Å². The third-order valence-electron chi connectivity index (χ3n) is 7.47. The monoisotopic (exact) mass is 406 g/mol. The fraction of sp³-hybridized carbons (Fsp3) is 0.417. The van der Waals surface area contributed by atoms with Crippen molar-refractivity contribution in [3.05, 3.63) is 65.7 Å². The second-order valence-corrected chi connectivity index (χ2v) is 8.83. The van der Waals surface area contributed by atoms with E-state index in [9.17, 15) is 14.7 Å². The van der Waals surface area contributed by atoms with E-state index in [-0.39, 0.29) is 5.91 Å². The number of para-hydroxylation sites is 1. The average molecular weight is 406 g/mol. The van der Waals surface area contributed by atoms with Crippen LogP contribution in [-0.4, -0.2) is 52.3 Å². The largest absolute Gasteiger partial charge is 0.482 e. The molecule has 2 aromatic rings. The first kappa shape index (κ1) is 19.1. The van der Waals surface area contributed by atoms with Crippen LogP contribution in [0.5, 0.6) is 5.75 Å². The first-order valence-electron chi connectivity index (χ1n) is 10.4. The molecular formula is C24H26N2O4. The molecule has 0 bridgehead atoms. The van der Waals surface area contributed by atoms with Gasteiger partial charge in [-0.1, -0.05) is 48.5 Å². The lowest BCUT2D eigenvalue weighted by Gasteiger charge is -2.56. The molecule has 1 saturated heterocycles. The predicted octanol–water partition coefficient (Wildman–Crippen LogP) is 2.99. The molecule has 3 amide bonds. The second-order valence-electron chi connectivity index (χ2n) is 8.83. The van der Waals surface area contributed by atoms with Gasteiger partial charge in [-0.15, -0.1) is 0 Å². The number of rotatable bonds is 3. The van der Waals surface area contributed by atoms with E-state index in [0.717, 1.165) is 21.8 Å². The van der Waals surface area contributed by atoms with Gasteiger partial charge in [0.25, 0.3) is 0 Å². The number of hydrogen-bond acceptors (Lipinski definition) is 4. The third kappa shape index (κ3) is 2.23. The molecule has 0 unspecified atom stereocenters. The predicted molar refractivity (Wildman–Crippen MR) is 111 cm³/mol. The molecule has 156 valence electrons. The van der Waals surface area contributed by atoms with Crippen LogP contribution in [0.2, 0.25) is 0 Å². The summed E-state index contributed by atoms with van der Waals surface area (Å²) in [6.45, 7) is 0. The molecule has 1 N–H and O–H groups in total. The molecule has 1 aliphatic carbocycles. The molecule has 0 radical (unpaired) electrons. The van der Waals surface area contributed by atoms with Gasteiger partial charge < -0.3 is 9.84 Å². The van der Waals surface area contributed by atoms with Crippen molar-refractivity contribution < 1.29 is 19.4 Å². The minimum atomic E-state index is -1.73. The van der Waals surface area contributed by atoms with Crippen molar-refractivity contribution in [2.75, 3.05) is 14.1 Å². The van der Waals surface area contributed by atoms with Gasteiger partial charge in [-0.25, -0.2) is 4.79 Å². The van der Waals surface area contributed by atoms with Gasteiger partial charge in [0.15, 0.2) is 11.3 Å².